The van der Waals surface area contributed by atoms with E-state index in [-0.39, 0.29) is 11.9 Å². The van der Waals surface area contributed by atoms with Gasteiger partial charge in [0.1, 0.15) is 0 Å². The minimum absolute atomic E-state index is 0.152. The molecule has 0 aromatic carbocycles. The summed E-state index contributed by atoms with van der Waals surface area (Å²) in [5.41, 5.74) is 6.58. The van der Waals surface area contributed by atoms with Crippen LogP contribution in [-0.4, -0.2) is 23.5 Å². The van der Waals surface area contributed by atoms with E-state index in [0.29, 0.717) is 13.0 Å². The molecule has 17 heavy (non-hydrogen) atoms. The van der Waals surface area contributed by atoms with Crippen molar-refractivity contribution in [1.29, 1.82) is 0 Å². The largest absolute Gasteiger partial charge is 0.328 e. The first kappa shape index (κ1) is 13.6. The molecule has 1 aromatic rings. The predicted octanol–water partition coefficient (Wildman–Crippen LogP) is 1.95. The third-order valence-electron chi connectivity index (χ3n) is 2.64. The second kappa shape index (κ2) is 7.01. The molecule has 0 bridgehead atoms. The van der Waals surface area contributed by atoms with Gasteiger partial charge in [-0.1, -0.05) is 0 Å². The van der Waals surface area contributed by atoms with Gasteiger partial charge in [0.2, 0.25) is 5.91 Å². The summed E-state index contributed by atoms with van der Waals surface area (Å²) in [5.74, 6) is 0.152. The molecule has 0 aliphatic rings. The number of aromatic nitrogens is 1. The summed E-state index contributed by atoms with van der Waals surface area (Å²) in [6.45, 7) is 4.62. The van der Waals surface area contributed by atoms with Crippen LogP contribution in [-0.2, 0) is 4.79 Å². The number of nitrogens with two attached hydrogens (primary N) is 1. The van der Waals surface area contributed by atoms with Crippen LogP contribution in [0.5, 0.6) is 0 Å². The molecule has 1 heterocycles. The lowest BCUT2D eigenvalue weighted by Crippen LogP contribution is -2.30. The topological polar surface area (TPSA) is 59.2 Å². The minimum Gasteiger partial charge on any atom is -0.328 e. The number of nitrogens with zero attached hydrogens (tertiary/aromatic N) is 2. The molecule has 1 atom stereocenters. The van der Waals surface area contributed by atoms with E-state index in [1.54, 1.807) is 17.3 Å². The highest BCUT2D eigenvalue weighted by atomic mass is 16.2. The average Bonchev–Trinajstić information content (AvgIpc) is 2.31. The highest BCUT2D eigenvalue weighted by molar-refractivity contribution is 5.93. The molecule has 0 saturated carbocycles. The lowest BCUT2D eigenvalue weighted by Gasteiger charge is -2.21. The Kier molecular flexibility index (Phi) is 5.63. The summed E-state index contributed by atoms with van der Waals surface area (Å²) in [5, 5.41) is 0. The van der Waals surface area contributed by atoms with E-state index in [1.807, 2.05) is 26.0 Å². The first-order valence-corrected chi connectivity index (χ1v) is 6.11. The molecule has 0 aliphatic heterocycles. The van der Waals surface area contributed by atoms with Gasteiger partial charge in [-0.3, -0.25) is 9.78 Å². The van der Waals surface area contributed by atoms with E-state index in [0.717, 1.165) is 18.5 Å². The van der Waals surface area contributed by atoms with Gasteiger partial charge >= 0.3 is 0 Å². The molecule has 0 radical (unpaired) electrons. The zero-order chi connectivity index (χ0) is 12.7. The Hall–Kier alpha value is -1.42. The van der Waals surface area contributed by atoms with Crippen LogP contribution in [0.4, 0.5) is 5.69 Å². The molecule has 94 valence electrons. The Bertz CT molecular complexity index is 338. The monoisotopic (exact) mass is 235 g/mol. The smallest absolute Gasteiger partial charge is 0.226 e. The van der Waals surface area contributed by atoms with Crippen molar-refractivity contribution in [1.82, 2.24) is 4.98 Å². The zero-order valence-electron chi connectivity index (χ0n) is 10.6. The van der Waals surface area contributed by atoms with Crippen molar-refractivity contribution in [2.24, 2.45) is 5.73 Å². The summed E-state index contributed by atoms with van der Waals surface area (Å²) >= 11 is 0. The predicted molar refractivity (Wildman–Crippen MR) is 69.8 cm³/mol. The highest BCUT2D eigenvalue weighted by Gasteiger charge is 2.13. The molecule has 1 rings (SSSR count). The molecule has 0 spiro atoms. The van der Waals surface area contributed by atoms with Crippen LogP contribution in [0.25, 0.3) is 0 Å². The van der Waals surface area contributed by atoms with Gasteiger partial charge in [0.15, 0.2) is 0 Å². The maximum atomic E-state index is 12.0. The van der Waals surface area contributed by atoms with Crippen LogP contribution in [0, 0.1) is 0 Å². The van der Waals surface area contributed by atoms with Crippen LogP contribution < -0.4 is 10.6 Å². The van der Waals surface area contributed by atoms with Gasteiger partial charge in [0, 0.05) is 37.1 Å². The van der Waals surface area contributed by atoms with Crippen LogP contribution in [0.1, 0.15) is 33.1 Å². The van der Waals surface area contributed by atoms with Crippen molar-refractivity contribution in [3.63, 3.8) is 0 Å². The van der Waals surface area contributed by atoms with Crippen LogP contribution in [0.2, 0.25) is 0 Å². The zero-order valence-corrected chi connectivity index (χ0v) is 10.6. The molecule has 4 heteroatoms. The Morgan fingerprint density at radius 3 is 2.65 bits per heavy atom. The average molecular weight is 235 g/mol. The fourth-order valence-corrected chi connectivity index (χ4v) is 1.74. The van der Waals surface area contributed by atoms with Crippen molar-refractivity contribution in [3.05, 3.63) is 24.5 Å². The molecule has 0 aliphatic carbocycles. The van der Waals surface area contributed by atoms with Crippen molar-refractivity contribution in [2.45, 2.75) is 39.2 Å². The third kappa shape index (κ3) is 4.53. The number of amides is 1. The van der Waals surface area contributed by atoms with E-state index >= 15 is 0 Å². The van der Waals surface area contributed by atoms with E-state index in [1.165, 1.54) is 0 Å². The molecule has 1 aromatic heterocycles. The molecule has 1 unspecified atom stereocenters. The van der Waals surface area contributed by atoms with Gasteiger partial charge in [0.25, 0.3) is 0 Å². The summed E-state index contributed by atoms with van der Waals surface area (Å²) in [4.78, 5) is 17.8. The number of carbonyl (C=O) groups is 1. The Labute approximate surface area is 103 Å². The standard InChI is InChI=1S/C13H21N3O/c1-3-16(12-7-9-15-10-8-12)13(17)6-4-5-11(2)14/h7-11H,3-6,14H2,1-2H3. The molecule has 0 fully saturated rings. The molecular weight excluding hydrogens is 214 g/mol. The third-order valence-corrected chi connectivity index (χ3v) is 2.64. The number of carbonyl (C=O) groups excluding carboxylic acids is 1. The molecule has 4 nitrogen and oxygen atoms in total. The van der Waals surface area contributed by atoms with Gasteiger partial charge < -0.3 is 10.6 Å². The Morgan fingerprint density at radius 1 is 1.47 bits per heavy atom. The number of anilines is 1. The number of hydrogen-bond acceptors (Lipinski definition) is 3. The van der Waals surface area contributed by atoms with Gasteiger partial charge in [-0.05, 0) is 38.8 Å². The second-order valence-electron chi connectivity index (χ2n) is 4.21. The lowest BCUT2D eigenvalue weighted by molar-refractivity contribution is -0.118. The highest BCUT2D eigenvalue weighted by Crippen LogP contribution is 2.14. The first-order valence-electron chi connectivity index (χ1n) is 6.11. The molecule has 0 saturated heterocycles. The summed E-state index contributed by atoms with van der Waals surface area (Å²) in [6.07, 6.45) is 5.69. The Balaban J connectivity index is 2.53. The normalized spacial score (nSPS) is 12.2. The van der Waals surface area contributed by atoms with Gasteiger partial charge in [-0.2, -0.15) is 0 Å². The van der Waals surface area contributed by atoms with Crippen molar-refractivity contribution in [3.8, 4) is 0 Å². The fraction of sp³-hybridized carbons (Fsp3) is 0.538. The van der Waals surface area contributed by atoms with Gasteiger partial charge in [-0.15, -0.1) is 0 Å². The van der Waals surface area contributed by atoms with Gasteiger partial charge in [0.05, 0.1) is 0 Å². The van der Waals surface area contributed by atoms with Crippen LogP contribution in [0.3, 0.4) is 0 Å². The second-order valence-corrected chi connectivity index (χ2v) is 4.21. The van der Waals surface area contributed by atoms with E-state index < -0.39 is 0 Å². The summed E-state index contributed by atoms with van der Waals surface area (Å²) in [7, 11) is 0. The van der Waals surface area contributed by atoms with Crippen molar-refractivity contribution >= 4 is 11.6 Å². The number of hydrogen-bond donors (Lipinski definition) is 1. The lowest BCUT2D eigenvalue weighted by atomic mass is 10.1. The van der Waals surface area contributed by atoms with Gasteiger partial charge in [-0.25, -0.2) is 0 Å². The fourth-order valence-electron chi connectivity index (χ4n) is 1.74. The van der Waals surface area contributed by atoms with Crippen LogP contribution in [0.15, 0.2) is 24.5 Å². The van der Waals surface area contributed by atoms with E-state index in [2.05, 4.69) is 4.98 Å². The van der Waals surface area contributed by atoms with Crippen LogP contribution >= 0.6 is 0 Å². The first-order chi connectivity index (χ1) is 8.15. The van der Waals surface area contributed by atoms with Crippen molar-refractivity contribution in [2.75, 3.05) is 11.4 Å². The quantitative estimate of drug-likeness (QED) is 0.820. The maximum Gasteiger partial charge on any atom is 0.226 e. The SMILES string of the molecule is CCN(C(=O)CCCC(C)N)c1ccncc1. The van der Waals surface area contributed by atoms with E-state index in [4.69, 9.17) is 5.73 Å². The minimum atomic E-state index is 0.152. The number of rotatable bonds is 6. The van der Waals surface area contributed by atoms with E-state index in [9.17, 15) is 4.79 Å². The summed E-state index contributed by atoms with van der Waals surface area (Å²) in [6, 6.07) is 3.87. The molecule has 2 N–H and O–H groups in total. The molecular formula is C13H21N3O. The molecule has 1 amide bonds. The summed E-state index contributed by atoms with van der Waals surface area (Å²) < 4.78 is 0. The maximum absolute atomic E-state index is 12.0. The van der Waals surface area contributed by atoms with Crippen molar-refractivity contribution < 1.29 is 4.79 Å². The Morgan fingerprint density at radius 2 is 2.12 bits per heavy atom. The number of pyridine rings is 1.